The number of carboxylic acid groups (broad SMARTS) is 1. The van der Waals surface area contributed by atoms with Gasteiger partial charge in [0.15, 0.2) is 18.2 Å². The average molecular weight is 361 g/mol. The number of aliphatic carboxylic acids is 1. The van der Waals surface area contributed by atoms with E-state index in [2.05, 4.69) is 5.32 Å². The van der Waals surface area contributed by atoms with E-state index < -0.39 is 18.4 Å². The molecule has 0 fully saturated rings. The summed E-state index contributed by atoms with van der Waals surface area (Å²) in [6, 6.07) is 11.5. The first-order valence-electron chi connectivity index (χ1n) is 8.01. The summed E-state index contributed by atoms with van der Waals surface area (Å²) in [5, 5.41) is 11.4. The van der Waals surface area contributed by atoms with Crippen molar-refractivity contribution in [2.75, 3.05) is 13.7 Å². The van der Waals surface area contributed by atoms with Crippen LogP contribution in [-0.4, -0.2) is 30.7 Å². The number of aryl methyl sites for hydroxylation is 1. The maximum atomic E-state index is 13.6. The van der Waals surface area contributed by atoms with Crippen molar-refractivity contribution < 1.29 is 28.6 Å². The lowest BCUT2D eigenvalue weighted by Crippen LogP contribution is -2.23. The van der Waals surface area contributed by atoms with Crippen molar-refractivity contribution in [3.63, 3.8) is 0 Å². The van der Waals surface area contributed by atoms with Gasteiger partial charge in [0.25, 0.3) is 0 Å². The summed E-state index contributed by atoms with van der Waals surface area (Å²) in [5.41, 5.74) is 1.38. The van der Waals surface area contributed by atoms with Gasteiger partial charge < -0.3 is 19.9 Å². The molecule has 0 aliphatic heterocycles. The number of nitrogens with one attached hydrogen (secondary N) is 1. The standard InChI is InChI=1S/C19H20FNO5/c1-25-17-8-6-13(10-15(17)20)7-9-18(22)21-11-14-4-2-3-5-16(14)26-12-19(23)24/h2-6,8,10H,7,9,11-12H2,1H3,(H,21,22)(H,23,24). The Kier molecular flexibility index (Phi) is 6.96. The number of halogens is 1. The lowest BCUT2D eigenvalue weighted by Gasteiger charge is -2.11. The third kappa shape index (κ3) is 5.77. The zero-order valence-corrected chi connectivity index (χ0v) is 14.3. The first-order valence-corrected chi connectivity index (χ1v) is 8.01. The normalized spacial score (nSPS) is 10.2. The fourth-order valence-electron chi connectivity index (χ4n) is 2.34. The minimum Gasteiger partial charge on any atom is -0.494 e. The monoisotopic (exact) mass is 361 g/mol. The van der Waals surface area contributed by atoms with E-state index in [1.807, 2.05) is 0 Å². The van der Waals surface area contributed by atoms with Gasteiger partial charge in [-0.1, -0.05) is 24.3 Å². The minimum absolute atomic E-state index is 0.163. The van der Waals surface area contributed by atoms with E-state index in [0.717, 1.165) is 0 Å². The molecule has 6 nitrogen and oxygen atoms in total. The van der Waals surface area contributed by atoms with Crippen molar-refractivity contribution in [2.24, 2.45) is 0 Å². The predicted molar refractivity (Wildman–Crippen MR) is 92.7 cm³/mol. The van der Waals surface area contributed by atoms with Crippen LogP contribution < -0.4 is 14.8 Å². The Bertz CT molecular complexity index is 778. The van der Waals surface area contributed by atoms with Gasteiger partial charge in [0.05, 0.1) is 7.11 Å². The van der Waals surface area contributed by atoms with Crippen LogP contribution in [0.2, 0.25) is 0 Å². The Morgan fingerprint density at radius 2 is 1.92 bits per heavy atom. The molecule has 0 saturated heterocycles. The largest absolute Gasteiger partial charge is 0.494 e. The smallest absolute Gasteiger partial charge is 0.341 e. The molecule has 0 atom stereocenters. The summed E-state index contributed by atoms with van der Waals surface area (Å²) in [6.45, 7) is -0.237. The van der Waals surface area contributed by atoms with Gasteiger partial charge in [-0.2, -0.15) is 0 Å². The summed E-state index contributed by atoms with van der Waals surface area (Å²) in [6.07, 6.45) is 0.591. The third-order valence-electron chi connectivity index (χ3n) is 3.66. The second kappa shape index (κ2) is 9.41. The van der Waals surface area contributed by atoms with Gasteiger partial charge in [0.1, 0.15) is 5.75 Å². The molecule has 2 aromatic carbocycles. The van der Waals surface area contributed by atoms with Crippen molar-refractivity contribution in [3.8, 4) is 11.5 Å². The number of carbonyl (C=O) groups is 2. The van der Waals surface area contributed by atoms with Gasteiger partial charge in [0.2, 0.25) is 5.91 Å². The Labute approximate surface area is 150 Å². The maximum Gasteiger partial charge on any atom is 0.341 e. The summed E-state index contributed by atoms with van der Waals surface area (Å²) >= 11 is 0. The summed E-state index contributed by atoms with van der Waals surface area (Å²) in [4.78, 5) is 22.6. The van der Waals surface area contributed by atoms with Crippen molar-refractivity contribution in [1.82, 2.24) is 5.32 Å². The number of amides is 1. The molecular weight excluding hydrogens is 341 g/mol. The van der Waals surface area contributed by atoms with E-state index >= 15 is 0 Å². The average Bonchev–Trinajstić information content (AvgIpc) is 2.63. The van der Waals surface area contributed by atoms with E-state index in [0.29, 0.717) is 23.3 Å². The summed E-state index contributed by atoms with van der Waals surface area (Å²) in [7, 11) is 1.39. The first kappa shape index (κ1) is 19.2. The highest BCUT2D eigenvalue weighted by Gasteiger charge is 2.09. The predicted octanol–water partition coefficient (Wildman–Crippen LogP) is 2.55. The highest BCUT2D eigenvalue weighted by molar-refractivity contribution is 5.76. The van der Waals surface area contributed by atoms with Gasteiger partial charge in [-0.25, -0.2) is 9.18 Å². The first-order chi connectivity index (χ1) is 12.5. The van der Waals surface area contributed by atoms with E-state index in [9.17, 15) is 14.0 Å². The summed E-state index contributed by atoms with van der Waals surface area (Å²) in [5.74, 6) is -1.16. The second-order valence-electron chi connectivity index (χ2n) is 5.54. The molecule has 0 saturated carbocycles. The molecule has 0 radical (unpaired) electrons. The molecule has 0 heterocycles. The molecule has 1 amide bonds. The zero-order chi connectivity index (χ0) is 18.9. The lowest BCUT2D eigenvalue weighted by atomic mass is 10.1. The van der Waals surface area contributed by atoms with Gasteiger partial charge in [-0.05, 0) is 30.2 Å². The number of rotatable bonds is 9. The van der Waals surface area contributed by atoms with Crippen molar-refractivity contribution in [3.05, 3.63) is 59.4 Å². The van der Waals surface area contributed by atoms with Gasteiger partial charge in [0, 0.05) is 18.5 Å². The molecule has 2 rings (SSSR count). The molecule has 0 spiro atoms. The molecule has 0 aromatic heterocycles. The van der Waals surface area contributed by atoms with Crippen LogP contribution in [0.3, 0.4) is 0 Å². The number of benzene rings is 2. The van der Waals surface area contributed by atoms with Crippen molar-refractivity contribution in [1.29, 1.82) is 0 Å². The highest BCUT2D eigenvalue weighted by Crippen LogP contribution is 2.19. The number of methoxy groups -OCH3 is 1. The van der Waals surface area contributed by atoms with E-state index in [-0.39, 0.29) is 24.6 Å². The number of carboxylic acids is 1. The van der Waals surface area contributed by atoms with E-state index in [4.69, 9.17) is 14.6 Å². The van der Waals surface area contributed by atoms with Gasteiger partial charge in [-0.15, -0.1) is 0 Å². The van der Waals surface area contributed by atoms with Crippen LogP contribution in [-0.2, 0) is 22.6 Å². The van der Waals surface area contributed by atoms with E-state index in [1.165, 1.54) is 19.2 Å². The van der Waals surface area contributed by atoms with Crippen LogP contribution in [0.5, 0.6) is 11.5 Å². The molecule has 0 bridgehead atoms. The minimum atomic E-state index is -1.07. The number of hydrogen-bond donors (Lipinski definition) is 2. The van der Waals surface area contributed by atoms with Crippen molar-refractivity contribution >= 4 is 11.9 Å². The SMILES string of the molecule is COc1ccc(CCC(=O)NCc2ccccc2OCC(=O)O)cc1F. The zero-order valence-electron chi connectivity index (χ0n) is 14.3. The molecule has 0 unspecified atom stereocenters. The molecular formula is C19H20FNO5. The molecule has 2 N–H and O–H groups in total. The van der Waals surface area contributed by atoms with Crippen LogP contribution in [0.15, 0.2) is 42.5 Å². The number of ether oxygens (including phenoxy) is 2. The molecule has 0 aliphatic rings. The molecule has 0 aliphatic carbocycles. The Hall–Kier alpha value is -3.09. The van der Waals surface area contributed by atoms with Gasteiger partial charge >= 0.3 is 5.97 Å². The molecule has 26 heavy (non-hydrogen) atoms. The van der Waals surface area contributed by atoms with Gasteiger partial charge in [-0.3, -0.25) is 4.79 Å². The fraction of sp³-hybridized carbons (Fsp3) is 0.263. The fourth-order valence-corrected chi connectivity index (χ4v) is 2.34. The van der Waals surface area contributed by atoms with Crippen LogP contribution in [0.1, 0.15) is 17.5 Å². The highest BCUT2D eigenvalue weighted by atomic mass is 19.1. The summed E-state index contributed by atoms with van der Waals surface area (Å²) < 4.78 is 23.7. The molecule has 7 heteroatoms. The molecule has 138 valence electrons. The van der Waals surface area contributed by atoms with Crippen LogP contribution in [0.25, 0.3) is 0 Å². The topological polar surface area (TPSA) is 84.9 Å². The third-order valence-corrected chi connectivity index (χ3v) is 3.66. The van der Waals surface area contributed by atoms with Crippen LogP contribution in [0, 0.1) is 5.82 Å². The Balaban J connectivity index is 1.85. The van der Waals surface area contributed by atoms with E-state index in [1.54, 1.807) is 30.3 Å². The second-order valence-corrected chi connectivity index (χ2v) is 5.54. The number of hydrogen-bond acceptors (Lipinski definition) is 4. The quantitative estimate of drug-likeness (QED) is 0.717. The number of carbonyl (C=O) groups excluding carboxylic acids is 1. The van der Waals surface area contributed by atoms with Crippen LogP contribution in [0.4, 0.5) is 4.39 Å². The maximum absolute atomic E-state index is 13.6. The lowest BCUT2D eigenvalue weighted by molar-refractivity contribution is -0.139. The van der Waals surface area contributed by atoms with Crippen LogP contribution >= 0.6 is 0 Å². The molecule has 2 aromatic rings. The Morgan fingerprint density at radius 1 is 1.15 bits per heavy atom. The number of para-hydroxylation sites is 1. The van der Waals surface area contributed by atoms with Crippen molar-refractivity contribution in [2.45, 2.75) is 19.4 Å². The Morgan fingerprint density at radius 3 is 2.62 bits per heavy atom.